The van der Waals surface area contributed by atoms with E-state index in [1.165, 1.54) is 4.88 Å². The maximum absolute atomic E-state index is 8.78. The van der Waals surface area contributed by atoms with Gasteiger partial charge in [0.2, 0.25) is 0 Å². The zero-order valence-electron chi connectivity index (χ0n) is 11.0. The molecule has 2 heterocycles. The summed E-state index contributed by atoms with van der Waals surface area (Å²) in [7, 11) is 2.00. The van der Waals surface area contributed by atoms with Crippen LogP contribution in [0.25, 0.3) is 0 Å². The highest BCUT2D eigenvalue weighted by Crippen LogP contribution is 2.23. The van der Waals surface area contributed by atoms with E-state index in [0.29, 0.717) is 12.2 Å². The number of thiophene rings is 1. The molecule has 2 aromatic rings. The van der Waals surface area contributed by atoms with Gasteiger partial charge in [-0.1, -0.05) is 22.8 Å². The molecular weight excluding hydrogens is 296 g/mol. The minimum atomic E-state index is 0.0215. The van der Waals surface area contributed by atoms with Gasteiger partial charge < -0.3 is 10.9 Å². The normalized spacial score (nSPS) is 12.1. The smallest absolute Gasteiger partial charge is 0.189 e. The van der Waals surface area contributed by atoms with Crippen molar-refractivity contribution in [2.75, 3.05) is 7.05 Å². The van der Waals surface area contributed by atoms with Crippen LogP contribution >= 0.6 is 22.9 Å². The SMILES string of the molecule is CN(Cc1ccc(Cl)s1)Cc1cccnc1C(N)=NO. The average Bonchev–Trinajstić information content (AvgIpc) is 2.83. The first kappa shape index (κ1) is 14.8. The maximum atomic E-state index is 8.78. The molecule has 0 bridgehead atoms. The van der Waals surface area contributed by atoms with Crippen LogP contribution in [0.15, 0.2) is 35.6 Å². The summed E-state index contributed by atoms with van der Waals surface area (Å²) in [6, 6.07) is 7.65. The van der Waals surface area contributed by atoms with E-state index in [4.69, 9.17) is 22.5 Å². The first-order chi connectivity index (χ1) is 9.60. The number of nitrogens with zero attached hydrogens (tertiary/aromatic N) is 3. The third-order valence-corrected chi connectivity index (χ3v) is 3.95. The lowest BCUT2D eigenvalue weighted by Gasteiger charge is -2.17. The number of oxime groups is 1. The highest BCUT2D eigenvalue weighted by Gasteiger charge is 2.11. The fourth-order valence-electron chi connectivity index (χ4n) is 1.89. The van der Waals surface area contributed by atoms with Gasteiger partial charge in [0, 0.05) is 24.2 Å². The van der Waals surface area contributed by atoms with Crippen molar-refractivity contribution in [3.05, 3.63) is 50.9 Å². The van der Waals surface area contributed by atoms with Crippen LogP contribution in [0.1, 0.15) is 16.1 Å². The minimum Gasteiger partial charge on any atom is -0.409 e. The van der Waals surface area contributed by atoms with Gasteiger partial charge >= 0.3 is 0 Å². The Bertz CT molecular complexity index is 614. The zero-order chi connectivity index (χ0) is 14.5. The van der Waals surface area contributed by atoms with Crippen molar-refractivity contribution in [3.63, 3.8) is 0 Å². The maximum Gasteiger partial charge on any atom is 0.189 e. The molecule has 0 fully saturated rings. The molecule has 7 heteroatoms. The van der Waals surface area contributed by atoms with Crippen LogP contribution in [-0.4, -0.2) is 28.0 Å². The molecule has 0 amide bonds. The molecule has 0 aliphatic rings. The van der Waals surface area contributed by atoms with Crippen molar-refractivity contribution >= 4 is 28.8 Å². The zero-order valence-corrected chi connectivity index (χ0v) is 12.5. The Hall–Kier alpha value is -1.63. The average molecular weight is 311 g/mol. The predicted octanol–water partition coefficient (Wildman–Crippen LogP) is 2.52. The highest BCUT2D eigenvalue weighted by atomic mass is 35.5. The summed E-state index contributed by atoms with van der Waals surface area (Å²) in [6.45, 7) is 1.43. The van der Waals surface area contributed by atoms with Gasteiger partial charge in [-0.3, -0.25) is 9.88 Å². The monoisotopic (exact) mass is 310 g/mol. The Kier molecular flexibility index (Phi) is 4.94. The van der Waals surface area contributed by atoms with Crippen molar-refractivity contribution in [3.8, 4) is 0 Å². The molecule has 3 N–H and O–H groups in total. The summed E-state index contributed by atoms with van der Waals surface area (Å²) in [5, 5.41) is 11.8. The van der Waals surface area contributed by atoms with Gasteiger partial charge in [0.25, 0.3) is 0 Å². The fourth-order valence-corrected chi connectivity index (χ4v) is 3.06. The van der Waals surface area contributed by atoms with E-state index < -0.39 is 0 Å². The van der Waals surface area contributed by atoms with Gasteiger partial charge in [-0.05, 0) is 30.8 Å². The molecule has 0 atom stereocenters. The summed E-state index contributed by atoms with van der Waals surface area (Å²) >= 11 is 7.48. The number of nitrogens with two attached hydrogens (primary N) is 1. The third-order valence-electron chi connectivity index (χ3n) is 2.74. The fraction of sp³-hybridized carbons (Fsp3) is 0.231. The lowest BCUT2D eigenvalue weighted by molar-refractivity contribution is 0.316. The molecule has 0 aliphatic carbocycles. The summed E-state index contributed by atoms with van der Waals surface area (Å²) in [4.78, 5) is 7.46. The topological polar surface area (TPSA) is 74.7 Å². The Labute approximate surface area is 126 Å². The van der Waals surface area contributed by atoms with Crippen LogP contribution < -0.4 is 5.73 Å². The second-order valence-corrected chi connectivity index (χ2v) is 6.17. The van der Waals surface area contributed by atoms with Gasteiger partial charge in [0.05, 0.1) is 4.34 Å². The summed E-state index contributed by atoms with van der Waals surface area (Å²) in [5.41, 5.74) is 7.05. The first-order valence-electron chi connectivity index (χ1n) is 5.94. The van der Waals surface area contributed by atoms with Gasteiger partial charge in [-0.2, -0.15) is 0 Å². The molecule has 0 radical (unpaired) electrons. The van der Waals surface area contributed by atoms with Gasteiger partial charge in [-0.15, -0.1) is 11.3 Å². The molecule has 0 unspecified atom stereocenters. The second kappa shape index (κ2) is 6.69. The molecule has 0 saturated carbocycles. The van der Waals surface area contributed by atoms with Gasteiger partial charge in [0.1, 0.15) is 5.69 Å². The quantitative estimate of drug-likeness (QED) is 0.385. The van der Waals surface area contributed by atoms with E-state index in [9.17, 15) is 0 Å². The Morgan fingerprint density at radius 3 is 2.90 bits per heavy atom. The highest BCUT2D eigenvalue weighted by molar-refractivity contribution is 7.16. The molecule has 0 aliphatic heterocycles. The summed E-state index contributed by atoms with van der Waals surface area (Å²) in [5.74, 6) is 0.0215. The molecular formula is C13H15ClN4OS. The number of aromatic nitrogens is 1. The molecule has 106 valence electrons. The predicted molar refractivity (Wildman–Crippen MR) is 81.2 cm³/mol. The number of rotatable bonds is 5. The number of pyridine rings is 1. The van der Waals surface area contributed by atoms with E-state index in [0.717, 1.165) is 16.4 Å². The minimum absolute atomic E-state index is 0.0215. The number of halogens is 1. The van der Waals surface area contributed by atoms with Crippen LogP contribution in [0.2, 0.25) is 4.34 Å². The molecule has 2 aromatic heterocycles. The Morgan fingerprint density at radius 1 is 1.45 bits per heavy atom. The number of hydrogen-bond acceptors (Lipinski definition) is 5. The Balaban J connectivity index is 2.09. The van der Waals surface area contributed by atoms with Crippen molar-refractivity contribution < 1.29 is 5.21 Å². The van der Waals surface area contributed by atoms with Crippen molar-refractivity contribution in [2.45, 2.75) is 13.1 Å². The van der Waals surface area contributed by atoms with E-state index in [2.05, 4.69) is 15.0 Å². The van der Waals surface area contributed by atoms with E-state index in [1.807, 2.05) is 31.3 Å². The third kappa shape index (κ3) is 3.69. The van der Waals surface area contributed by atoms with E-state index in [-0.39, 0.29) is 5.84 Å². The molecule has 0 saturated heterocycles. The standard InChI is InChI=1S/C13H15ClN4OS/c1-18(8-10-4-5-11(14)20-10)7-9-3-2-6-16-12(9)13(15)17-19/h2-6,19H,7-8H2,1H3,(H2,15,17). The molecule has 2 rings (SSSR count). The summed E-state index contributed by atoms with van der Waals surface area (Å²) in [6.07, 6.45) is 1.62. The van der Waals surface area contributed by atoms with Crippen LogP contribution in [-0.2, 0) is 13.1 Å². The summed E-state index contributed by atoms with van der Waals surface area (Å²) < 4.78 is 0.784. The molecule has 20 heavy (non-hydrogen) atoms. The number of amidine groups is 1. The number of hydrogen-bond donors (Lipinski definition) is 2. The first-order valence-corrected chi connectivity index (χ1v) is 7.14. The van der Waals surface area contributed by atoms with Crippen molar-refractivity contribution in [1.82, 2.24) is 9.88 Å². The van der Waals surface area contributed by atoms with Gasteiger partial charge in [0.15, 0.2) is 5.84 Å². The van der Waals surface area contributed by atoms with Crippen LogP contribution in [0.4, 0.5) is 0 Å². The van der Waals surface area contributed by atoms with Crippen LogP contribution in [0, 0.1) is 0 Å². The molecule has 0 spiro atoms. The van der Waals surface area contributed by atoms with Crippen LogP contribution in [0.3, 0.4) is 0 Å². The Morgan fingerprint density at radius 2 is 2.25 bits per heavy atom. The largest absolute Gasteiger partial charge is 0.409 e. The second-order valence-electron chi connectivity index (χ2n) is 4.37. The van der Waals surface area contributed by atoms with Crippen molar-refractivity contribution in [2.24, 2.45) is 10.9 Å². The van der Waals surface area contributed by atoms with Crippen LogP contribution in [0.5, 0.6) is 0 Å². The van der Waals surface area contributed by atoms with Crippen molar-refractivity contribution in [1.29, 1.82) is 0 Å². The van der Waals surface area contributed by atoms with Gasteiger partial charge in [-0.25, -0.2) is 0 Å². The lowest BCUT2D eigenvalue weighted by Crippen LogP contribution is -2.22. The van der Waals surface area contributed by atoms with E-state index in [1.54, 1.807) is 17.5 Å². The van der Waals surface area contributed by atoms with E-state index >= 15 is 0 Å². The lowest BCUT2D eigenvalue weighted by atomic mass is 10.1. The molecule has 5 nitrogen and oxygen atoms in total. The molecule has 0 aromatic carbocycles.